The van der Waals surface area contributed by atoms with Crippen LogP contribution in [0, 0.1) is 17.3 Å². The Morgan fingerprint density at radius 2 is 1.05 bits per heavy atom. The van der Waals surface area contributed by atoms with Gasteiger partial charge in [0.05, 0.1) is 9.79 Å². The van der Waals surface area contributed by atoms with Gasteiger partial charge in [-0.15, -0.1) is 13.2 Å². The van der Waals surface area contributed by atoms with E-state index in [9.17, 15) is 37.5 Å². The van der Waals surface area contributed by atoms with Gasteiger partial charge in [0.15, 0.2) is 0 Å². The molecule has 2 aromatic rings. The number of hydrogen-bond acceptors (Lipinski definition) is 13. The van der Waals surface area contributed by atoms with Crippen LogP contribution in [-0.2, 0) is 56.0 Å². The van der Waals surface area contributed by atoms with Gasteiger partial charge in [-0.05, 0) is 124 Å². The first-order valence-electron chi connectivity index (χ1n) is 20.8. The minimum absolute atomic E-state index is 0.0189. The number of carbonyl (C=O) groups excluding carboxylic acids is 5. The van der Waals surface area contributed by atoms with Crippen LogP contribution in [0.4, 0.5) is 9.59 Å². The van der Waals surface area contributed by atoms with Gasteiger partial charge in [-0.25, -0.2) is 32.4 Å². The van der Waals surface area contributed by atoms with Crippen LogP contribution in [0.5, 0.6) is 11.5 Å². The zero-order chi connectivity index (χ0) is 46.0. The third-order valence-corrected chi connectivity index (χ3v) is 13.0. The van der Waals surface area contributed by atoms with Gasteiger partial charge in [0.2, 0.25) is 9.84 Å². The molecule has 0 heterocycles. The molecule has 0 spiro atoms. The summed E-state index contributed by atoms with van der Waals surface area (Å²) in [6.45, 7) is 15.8. The summed E-state index contributed by atoms with van der Waals surface area (Å²) < 4.78 is 53.8. The first-order chi connectivity index (χ1) is 30.1. The molecule has 0 atom stereocenters. The molecular weight excluding hydrogens is 833 g/mol. The molecule has 2 saturated carbocycles. The number of sulfone groups is 1. The first kappa shape index (κ1) is 49.5. The molecule has 63 heavy (non-hydrogen) atoms. The predicted octanol–water partition coefficient (Wildman–Crippen LogP) is 7.18. The van der Waals surface area contributed by atoms with Crippen LogP contribution in [0.3, 0.4) is 0 Å². The highest BCUT2D eigenvalue weighted by atomic mass is 32.2. The monoisotopic (exact) mass is 890 g/mol. The number of rotatable bonds is 22. The van der Waals surface area contributed by atoms with Gasteiger partial charge in [0.25, 0.3) is 0 Å². The molecule has 0 aromatic heterocycles. The van der Waals surface area contributed by atoms with E-state index in [1.165, 1.54) is 36.4 Å². The maximum Gasteiger partial charge on any atom is 0.412 e. The minimum Gasteiger partial charge on any atom is -0.508 e. The van der Waals surface area contributed by atoms with Gasteiger partial charge >= 0.3 is 30.1 Å². The van der Waals surface area contributed by atoms with Crippen LogP contribution in [-0.4, -0.2) is 82.1 Å². The Labute approximate surface area is 369 Å². The molecule has 0 saturated heterocycles. The lowest BCUT2D eigenvalue weighted by Gasteiger charge is -2.34. The average Bonchev–Trinajstić information content (AvgIpc) is 3.28. The largest absolute Gasteiger partial charge is 0.508 e. The molecule has 16 heteroatoms. The van der Waals surface area contributed by atoms with Crippen molar-refractivity contribution >= 4 is 39.9 Å². The number of hydrogen-bond donors (Lipinski definition) is 3. The summed E-state index contributed by atoms with van der Waals surface area (Å²) in [6.07, 6.45) is 13.0. The summed E-state index contributed by atoms with van der Waals surface area (Å²) in [6, 6.07) is 8.24. The maximum atomic E-state index is 13.5. The van der Waals surface area contributed by atoms with Crippen LogP contribution in [0.1, 0.15) is 68.9 Å². The lowest BCUT2D eigenvalue weighted by Crippen LogP contribution is -2.45. The normalized spacial score (nSPS) is 18.6. The van der Waals surface area contributed by atoms with Gasteiger partial charge in [0.1, 0.15) is 43.3 Å². The van der Waals surface area contributed by atoms with E-state index < -0.39 is 71.8 Å². The summed E-state index contributed by atoms with van der Waals surface area (Å²) >= 11 is 0. The number of allylic oxidation sites excluding steroid dienone is 2. The van der Waals surface area contributed by atoms with Gasteiger partial charge in [0, 0.05) is 35.9 Å². The lowest BCUT2D eigenvalue weighted by molar-refractivity contribution is -0.159. The second-order valence-corrected chi connectivity index (χ2v) is 17.9. The van der Waals surface area contributed by atoms with E-state index >= 15 is 0 Å². The fraction of sp³-hybridized carbons (Fsp3) is 0.426. The van der Waals surface area contributed by atoms with E-state index in [0.29, 0.717) is 29.4 Å². The minimum atomic E-state index is -3.95. The highest BCUT2D eigenvalue weighted by molar-refractivity contribution is 7.91. The highest BCUT2D eigenvalue weighted by Gasteiger charge is 2.38. The average molecular weight is 891 g/mol. The van der Waals surface area contributed by atoms with Gasteiger partial charge < -0.3 is 39.4 Å². The van der Waals surface area contributed by atoms with E-state index in [-0.39, 0.29) is 39.8 Å². The molecule has 2 aliphatic rings. The Morgan fingerprint density at radius 3 is 1.52 bits per heavy atom. The SMILES string of the molecule is C=CCc1cc(S(=O)(=O)c2ccc(OC(=O)NC3CCC(CC4CCC(NC(=O)OCC(COC(=O)C=C)(COC(=O)C=C)COC(=O)C=C)CC4)CC3)c(CC=C)c2)ccc1O. The molecule has 2 aliphatic carbocycles. The van der Waals surface area contributed by atoms with Crippen molar-refractivity contribution in [1.29, 1.82) is 0 Å². The summed E-state index contributed by atoms with van der Waals surface area (Å²) in [5.41, 5.74) is -0.509. The number of nitrogens with one attached hydrogen (secondary N) is 2. The molecule has 0 unspecified atom stereocenters. The fourth-order valence-electron chi connectivity index (χ4n) is 7.70. The smallest absolute Gasteiger partial charge is 0.412 e. The van der Waals surface area contributed by atoms with E-state index in [1.54, 1.807) is 12.2 Å². The van der Waals surface area contributed by atoms with Gasteiger partial charge in [-0.3, -0.25) is 0 Å². The number of carbonyl (C=O) groups is 5. The quantitative estimate of drug-likeness (QED) is 0.0464. The van der Waals surface area contributed by atoms with Crippen molar-refractivity contribution in [2.45, 2.75) is 92.5 Å². The molecule has 4 rings (SSSR count). The Balaban J connectivity index is 1.23. The van der Waals surface area contributed by atoms with E-state index in [4.69, 9.17) is 23.7 Å². The van der Waals surface area contributed by atoms with Crippen LogP contribution < -0.4 is 15.4 Å². The maximum absolute atomic E-state index is 13.5. The molecular formula is C47H58N2O13S. The lowest BCUT2D eigenvalue weighted by atomic mass is 9.76. The molecule has 0 aliphatic heterocycles. The summed E-state index contributed by atoms with van der Waals surface area (Å²) in [5, 5.41) is 16.0. The molecule has 2 aromatic carbocycles. The van der Waals surface area contributed by atoms with Crippen molar-refractivity contribution in [2.24, 2.45) is 17.3 Å². The molecule has 2 fully saturated rings. The van der Waals surface area contributed by atoms with Crippen LogP contribution >= 0.6 is 0 Å². The highest BCUT2D eigenvalue weighted by Crippen LogP contribution is 2.36. The second kappa shape index (κ2) is 23.9. The Morgan fingerprint density at radius 1 is 0.619 bits per heavy atom. The molecule has 0 radical (unpaired) electrons. The summed E-state index contributed by atoms with van der Waals surface area (Å²) in [4.78, 5) is 61.7. The second-order valence-electron chi connectivity index (χ2n) is 15.9. The number of amides is 2. The zero-order valence-corrected chi connectivity index (χ0v) is 36.4. The predicted molar refractivity (Wildman–Crippen MR) is 233 cm³/mol. The molecule has 2 amide bonds. The summed E-state index contributed by atoms with van der Waals surface area (Å²) in [7, 11) is -3.95. The Kier molecular flexibility index (Phi) is 18.8. The summed E-state index contributed by atoms with van der Waals surface area (Å²) in [5.74, 6) is -1.16. The molecule has 0 bridgehead atoms. The van der Waals surface area contributed by atoms with Crippen molar-refractivity contribution in [3.63, 3.8) is 0 Å². The first-order valence-corrected chi connectivity index (χ1v) is 22.3. The van der Waals surface area contributed by atoms with Crippen molar-refractivity contribution in [3.8, 4) is 11.5 Å². The van der Waals surface area contributed by atoms with Gasteiger partial charge in [-0.1, -0.05) is 31.9 Å². The van der Waals surface area contributed by atoms with Crippen molar-refractivity contribution in [2.75, 3.05) is 26.4 Å². The van der Waals surface area contributed by atoms with E-state index in [0.717, 1.165) is 76.0 Å². The number of ether oxygens (including phenoxy) is 5. The van der Waals surface area contributed by atoms with E-state index in [1.807, 2.05) is 0 Å². The van der Waals surface area contributed by atoms with Crippen molar-refractivity contribution in [1.82, 2.24) is 10.6 Å². The molecule has 15 nitrogen and oxygen atoms in total. The topological polar surface area (TPSA) is 210 Å². The number of aromatic hydroxyl groups is 1. The van der Waals surface area contributed by atoms with Crippen LogP contribution in [0.25, 0.3) is 0 Å². The van der Waals surface area contributed by atoms with Crippen LogP contribution in [0.15, 0.2) is 109 Å². The Bertz CT molecular complexity index is 2060. The third-order valence-electron chi connectivity index (χ3n) is 11.2. The number of esters is 3. The number of phenols is 1. The standard InChI is InChI=1S/C47H58N2O13S/c1-6-11-34-26-38(21-23-40(34)50)63(56,57)39-22-24-41(35(27-39)12-7-2)62-46(55)49-37-19-15-33(16-20-37)25-32-13-17-36(18-14-32)48-45(54)61-31-47(28-58-42(51)8-3,29-59-43(52)9-4)30-60-44(53)10-5/h6-10,21-24,26-27,32-33,36-37,50H,1-5,11-20,25,28-31H2,(H,48,54)(H,49,55). The number of alkyl carbamates (subject to hydrolysis) is 1. The van der Waals surface area contributed by atoms with Gasteiger partial charge in [-0.2, -0.15) is 0 Å². The third kappa shape index (κ3) is 15.0. The number of phenolic OH excluding ortho intramolecular Hbond substituents is 1. The van der Waals surface area contributed by atoms with E-state index in [2.05, 4.69) is 43.5 Å². The molecule has 340 valence electrons. The van der Waals surface area contributed by atoms with Crippen LogP contribution in [0.2, 0.25) is 0 Å². The fourth-order valence-corrected chi connectivity index (χ4v) is 9.06. The Hall–Kier alpha value is -6.16. The number of benzene rings is 2. The molecule has 3 N–H and O–H groups in total. The van der Waals surface area contributed by atoms with Crippen molar-refractivity contribution < 1.29 is 61.2 Å². The van der Waals surface area contributed by atoms with Crippen molar-refractivity contribution in [3.05, 3.63) is 111 Å². The zero-order valence-electron chi connectivity index (χ0n) is 35.6.